The summed E-state index contributed by atoms with van der Waals surface area (Å²) in [6.45, 7) is 8.74. The number of hydrogen-bond donors (Lipinski definition) is 0. The van der Waals surface area contributed by atoms with E-state index in [1.54, 1.807) is 0 Å². The molecule has 2 unspecified atom stereocenters. The molecule has 0 heteroatoms. The van der Waals surface area contributed by atoms with Crippen LogP contribution in [0.5, 0.6) is 0 Å². The largest absolute Gasteiger partial charge is 0.0955 e. The fraction of sp³-hybridized carbons (Fsp3) is 0.600. The van der Waals surface area contributed by atoms with Gasteiger partial charge in [-0.25, -0.2) is 0 Å². The second-order valence-electron chi connectivity index (χ2n) is 4.15. The number of allylic oxidation sites excluding steroid dienone is 3. The van der Waals surface area contributed by atoms with E-state index in [0.29, 0.717) is 5.41 Å². The predicted molar refractivity (Wildman–Crippen MR) is 43.7 cm³/mol. The highest BCUT2D eigenvalue weighted by Crippen LogP contribution is 2.57. The fourth-order valence-corrected chi connectivity index (χ4v) is 2.27. The van der Waals surface area contributed by atoms with Crippen LogP contribution in [0.4, 0.5) is 0 Å². The van der Waals surface area contributed by atoms with E-state index in [-0.39, 0.29) is 0 Å². The number of hydrogen-bond acceptors (Lipinski definition) is 0. The molecule has 0 heterocycles. The molecular weight excluding hydrogens is 120 g/mol. The van der Waals surface area contributed by atoms with E-state index in [0.717, 1.165) is 11.8 Å². The third-order valence-electron chi connectivity index (χ3n) is 3.33. The summed E-state index contributed by atoms with van der Waals surface area (Å²) in [5, 5.41) is 0. The van der Waals surface area contributed by atoms with Crippen molar-refractivity contribution in [2.75, 3.05) is 0 Å². The fourth-order valence-electron chi connectivity index (χ4n) is 2.27. The minimum absolute atomic E-state index is 0.520. The van der Waals surface area contributed by atoms with Crippen LogP contribution in [0.1, 0.15) is 20.3 Å². The molecule has 0 aromatic heterocycles. The summed E-state index contributed by atoms with van der Waals surface area (Å²) in [7, 11) is 0. The van der Waals surface area contributed by atoms with Crippen LogP contribution in [0.2, 0.25) is 0 Å². The van der Waals surface area contributed by atoms with Crippen LogP contribution < -0.4 is 0 Å². The van der Waals surface area contributed by atoms with Gasteiger partial charge in [0.15, 0.2) is 0 Å². The van der Waals surface area contributed by atoms with Crippen LogP contribution in [-0.4, -0.2) is 0 Å². The summed E-state index contributed by atoms with van der Waals surface area (Å²) in [5.41, 5.74) is 1.86. The van der Waals surface area contributed by atoms with Gasteiger partial charge in [-0.05, 0) is 23.7 Å². The molecule has 0 radical (unpaired) electrons. The SMILES string of the molecule is C=C1C=CC2CC1C2(C)C. The van der Waals surface area contributed by atoms with Crippen molar-refractivity contribution in [3.8, 4) is 0 Å². The van der Waals surface area contributed by atoms with E-state index in [2.05, 4.69) is 32.6 Å². The summed E-state index contributed by atoms with van der Waals surface area (Å²) in [4.78, 5) is 0. The quantitative estimate of drug-likeness (QED) is 0.478. The normalized spacial score (nSPS) is 41.2. The van der Waals surface area contributed by atoms with Crippen molar-refractivity contribution in [1.29, 1.82) is 0 Å². The van der Waals surface area contributed by atoms with Crippen molar-refractivity contribution >= 4 is 0 Å². The van der Waals surface area contributed by atoms with Gasteiger partial charge in [0, 0.05) is 0 Å². The molecule has 2 bridgehead atoms. The zero-order chi connectivity index (χ0) is 7.35. The van der Waals surface area contributed by atoms with Gasteiger partial charge in [0.05, 0.1) is 0 Å². The Balaban J connectivity index is 2.37. The summed E-state index contributed by atoms with van der Waals surface area (Å²) in [5.74, 6) is 1.62. The van der Waals surface area contributed by atoms with E-state index in [9.17, 15) is 0 Å². The van der Waals surface area contributed by atoms with Gasteiger partial charge in [0.1, 0.15) is 0 Å². The van der Waals surface area contributed by atoms with Crippen LogP contribution in [0.3, 0.4) is 0 Å². The molecular formula is C10H14. The maximum absolute atomic E-state index is 4.04. The van der Waals surface area contributed by atoms with E-state index < -0.39 is 0 Å². The maximum atomic E-state index is 4.04. The van der Waals surface area contributed by atoms with Gasteiger partial charge < -0.3 is 0 Å². The zero-order valence-electron chi connectivity index (χ0n) is 6.72. The Morgan fingerprint density at radius 2 is 2.30 bits per heavy atom. The smallest absolute Gasteiger partial charge is 0.0105 e. The van der Waals surface area contributed by atoms with Crippen molar-refractivity contribution in [3.63, 3.8) is 0 Å². The third-order valence-corrected chi connectivity index (χ3v) is 3.33. The van der Waals surface area contributed by atoms with Gasteiger partial charge in [-0.15, -0.1) is 0 Å². The lowest BCUT2D eigenvalue weighted by molar-refractivity contribution is 0.0335. The van der Waals surface area contributed by atoms with Crippen molar-refractivity contribution in [3.05, 3.63) is 24.3 Å². The summed E-state index contributed by atoms with van der Waals surface area (Å²) < 4.78 is 0. The number of fused-ring (bicyclic) bond motifs is 1. The first-order valence-electron chi connectivity index (χ1n) is 3.99. The summed E-state index contributed by atoms with van der Waals surface area (Å²) in [6, 6.07) is 0. The molecule has 3 rings (SSSR count). The average Bonchev–Trinajstić information content (AvgIpc) is 1.87. The molecule has 0 aliphatic heterocycles. The van der Waals surface area contributed by atoms with E-state index >= 15 is 0 Å². The lowest BCUT2D eigenvalue weighted by Gasteiger charge is -2.54. The molecule has 10 heavy (non-hydrogen) atoms. The molecule has 1 fully saturated rings. The Bertz CT molecular complexity index is 208. The molecule has 0 N–H and O–H groups in total. The minimum Gasteiger partial charge on any atom is -0.0955 e. The highest BCUT2D eigenvalue weighted by molar-refractivity contribution is 5.32. The molecule has 3 aliphatic rings. The minimum atomic E-state index is 0.520. The van der Waals surface area contributed by atoms with Gasteiger partial charge in [-0.2, -0.15) is 0 Å². The molecule has 0 aromatic carbocycles. The third kappa shape index (κ3) is 0.524. The summed E-state index contributed by atoms with van der Waals surface area (Å²) >= 11 is 0. The van der Waals surface area contributed by atoms with Gasteiger partial charge >= 0.3 is 0 Å². The molecule has 0 saturated heterocycles. The average molecular weight is 134 g/mol. The first-order chi connectivity index (χ1) is 4.62. The van der Waals surface area contributed by atoms with Crippen molar-refractivity contribution in [1.82, 2.24) is 0 Å². The molecule has 2 atom stereocenters. The topological polar surface area (TPSA) is 0 Å². The first-order valence-corrected chi connectivity index (χ1v) is 3.99. The Morgan fingerprint density at radius 3 is 2.60 bits per heavy atom. The van der Waals surface area contributed by atoms with Crippen LogP contribution in [0.15, 0.2) is 24.3 Å². The van der Waals surface area contributed by atoms with E-state index in [1.807, 2.05) is 0 Å². The van der Waals surface area contributed by atoms with Crippen molar-refractivity contribution < 1.29 is 0 Å². The van der Waals surface area contributed by atoms with Crippen molar-refractivity contribution in [2.45, 2.75) is 20.3 Å². The van der Waals surface area contributed by atoms with E-state index in [1.165, 1.54) is 12.0 Å². The van der Waals surface area contributed by atoms with Gasteiger partial charge in [0.25, 0.3) is 0 Å². The Labute approximate surface area is 62.6 Å². The van der Waals surface area contributed by atoms with Gasteiger partial charge in [-0.1, -0.05) is 38.2 Å². The Kier molecular flexibility index (Phi) is 0.964. The molecule has 0 aromatic rings. The lowest BCUT2D eigenvalue weighted by atomic mass is 9.50. The van der Waals surface area contributed by atoms with Crippen LogP contribution in [0.25, 0.3) is 0 Å². The van der Waals surface area contributed by atoms with Crippen LogP contribution in [0, 0.1) is 17.3 Å². The molecule has 3 aliphatic carbocycles. The molecule has 0 amide bonds. The Morgan fingerprint density at radius 1 is 1.60 bits per heavy atom. The molecule has 0 nitrogen and oxygen atoms in total. The standard InChI is InChI=1S/C10H14/c1-7-4-5-8-6-9(7)10(8,2)3/h4-5,8-9H,1,6H2,2-3H3. The second kappa shape index (κ2) is 1.55. The van der Waals surface area contributed by atoms with Crippen LogP contribution in [-0.2, 0) is 0 Å². The van der Waals surface area contributed by atoms with E-state index in [4.69, 9.17) is 0 Å². The predicted octanol–water partition coefficient (Wildman–Crippen LogP) is 2.77. The second-order valence-corrected chi connectivity index (χ2v) is 4.15. The van der Waals surface area contributed by atoms with Gasteiger partial charge in [-0.3, -0.25) is 0 Å². The monoisotopic (exact) mass is 134 g/mol. The summed E-state index contributed by atoms with van der Waals surface area (Å²) in [6.07, 6.45) is 5.87. The van der Waals surface area contributed by atoms with Crippen LogP contribution >= 0.6 is 0 Å². The lowest BCUT2D eigenvalue weighted by Crippen LogP contribution is -2.46. The molecule has 0 spiro atoms. The number of rotatable bonds is 0. The van der Waals surface area contributed by atoms with Crippen molar-refractivity contribution in [2.24, 2.45) is 17.3 Å². The Hall–Kier alpha value is -0.520. The molecule has 1 saturated carbocycles. The zero-order valence-corrected chi connectivity index (χ0v) is 6.72. The van der Waals surface area contributed by atoms with Gasteiger partial charge in [0.2, 0.25) is 0 Å². The first kappa shape index (κ1) is 6.21. The maximum Gasteiger partial charge on any atom is -0.0105 e. The highest BCUT2D eigenvalue weighted by atomic mass is 14.5. The highest BCUT2D eigenvalue weighted by Gasteiger charge is 2.49. The molecule has 54 valence electrons.